The Hall–Kier alpha value is -1.67. The SMILES string of the molecule is CC(NS(=O)(=O)c1ccc(Cl)cc1Cl)c1ccc([N+](=O)[O-])cc1. The Balaban J connectivity index is 2.24. The summed E-state index contributed by atoms with van der Waals surface area (Å²) in [5.74, 6) is 0. The lowest BCUT2D eigenvalue weighted by molar-refractivity contribution is -0.384. The second-order valence-electron chi connectivity index (χ2n) is 4.77. The summed E-state index contributed by atoms with van der Waals surface area (Å²) in [4.78, 5) is 10.0. The molecule has 2 rings (SSSR count). The number of nitrogens with zero attached hydrogens (tertiary/aromatic N) is 1. The molecular formula is C14H12Cl2N2O4S. The summed E-state index contributed by atoms with van der Waals surface area (Å²) in [7, 11) is -3.86. The zero-order chi connectivity index (χ0) is 17.2. The molecule has 0 heterocycles. The summed E-state index contributed by atoms with van der Waals surface area (Å²) in [6.07, 6.45) is 0. The third-order valence-corrected chi connectivity index (χ3v) is 5.38. The molecule has 9 heteroatoms. The van der Waals surface area contributed by atoms with E-state index in [1.807, 2.05) is 0 Å². The number of benzene rings is 2. The van der Waals surface area contributed by atoms with Gasteiger partial charge in [-0.05, 0) is 30.7 Å². The first-order chi connectivity index (χ1) is 10.7. The molecule has 122 valence electrons. The van der Waals surface area contributed by atoms with Crippen molar-refractivity contribution >= 4 is 38.9 Å². The van der Waals surface area contributed by atoms with Crippen molar-refractivity contribution in [3.8, 4) is 0 Å². The molecule has 0 radical (unpaired) electrons. The summed E-state index contributed by atoms with van der Waals surface area (Å²) < 4.78 is 27.2. The molecule has 0 aromatic heterocycles. The fourth-order valence-corrected chi connectivity index (χ4v) is 3.95. The number of nitro groups is 1. The highest BCUT2D eigenvalue weighted by Gasteiger charge is 2.21. The maximum atomic E-state index is 12.4. The Morgan fingerprint density at radius 1 is 1.13 bits per heavy atom. The van der Waals surface area contributed by atoms with E-state index in [0.717, 1.165) is 0 Å². The zero-order valence-corrected chi connectivity index (χ0v) is 14.2. The highest BCUT2D eigenvalue weighted by atomic mass is 35.5. The number of halogens is 2. The van der Waals surface area contributed by atoms with Gasteiger partial charge in [-0.2, -0.15) is 0 Å². The maximum Gasteiger partial charge on any atom is 0.269 e. The molecule has 0 aliphatic carbocycles. The summed E-state index contributed by atoms with van der Waals surface area (Å²) in [5.41, 5.74) is 0.522. The first-order valence-corrected chi connectivity index (χ1v) is 8.66. The van der Waals surface area contributed by atoms with E-state index in [-0.39, 0.29) is 15.6 Å². The minimum absolute atomic E-state index is 0.0147. The van der Waals surface area contributed by atoms with E-state index in [9.17, 15) is 18.5 Å². The predicted octanol–water partition coefficient (Wildman–Crippen LogP) is 3.94. The molecule has 0 aliphatic rings. The molecule has 1 N–H and O–H groups in total. The molecule has 0 spiro atoms. The average Bonchev–Trinajstić information content (AvgIpc) is 2.46. The van der Waals surface area contributed by atoms with Crippen LogP contribution in [0.4, 0.5) is 5.69 Å². The second kappa shape index (κ2) is 6.84. The van der Waals surface area contributed by atoms with Crippen LogP contribution in [0.15, 0.2) is 47.4 Å². The van der Waals surface area contributed by atoms with Crippen LogP contribution in [0.5, 0.6) is 0 Å². The van der Waals surface area contributed by atoms with Crippen LogP contribution in [0.25, 0.3) is 0 Å². The van der Waals surface area contributed by atoms with Gasteiger partial charge in [-0.15, -0.1) is 0 Å². The minimum atomic E-state index is -3.86. The van der Waals surface area contributed by atoms with Gasteiger partial charge in [0.15, 0.2) is 0 Å². The van der Waals surface area contributed by atoms with Crippen LogP contribution in [0.1, 0.15) is 18.5 Å². The van der Waals surface area contributed by atoms with Crippen LogP contribution in [0.2, 0.25) is 10.0 Å². The van der Waals surface area contributed by atoms with Crippen molar-refractivity contribution in [3.05, 3.63) is 68.2 Å². The van der Waals surface area contributed by atoms with Crippen molar-refractivity contribution in [2.24, 2.45) is 0 Å². The summed E-state index contributed by atoms with van der Waals surface area (Å²) in [6, 6.07) is 9.11. The maximum absolute atomic E-state index is 12.4. The molecule has 0 saturated heterocycles. The largest absolute Gasteiger partial charge is 0.269 e. The Morgan fingerprint density at radius 2 is 1.74 bits per heavy atom. The number of hydrogen-bond donors (Lipinski definition) is 1. The van der Waals surface area contributed by atoms with Crippen LogP contribution in [-0.4, -0.2) is 13.3 Å². The Labute approximate surface area is 143 Å². The lowest BCUT2D eigenvalue weighted by Gasteiger charge is -2.15. The number of rotatable bonds is 5. The molecule has 0 amide bonds. The normalized spacial score (nSPS) is 12.8. The van der Waals surface area contributed by atoms with Gasteiger partial charge in [0.1, 0.15) is 4.90 Å². The van der Waals surface area contributed by atoms with E-state index in [1.165, 1.54) is 42.5 Å². The van der Waals surface area contributed by atoms with Gasteiger partial charge in [0.05, 0.1) is 9.95 Å². The van der Waals surface area contributed by atoms with Crippen LogP contribution in [0.3, 0.4) is 0 Å². The molecule has 1 unspecified atom stereocenters. The molecule has 0 fully saturated rings. The number of non-ortho nitro benzene ring substituents is 1. The first kappa shape index (κ1) is 17.7. The van der Waals surface area contributed by atoms with E-state index in [2.05, 4.69) is 4.72 Å². The highest BCUT2D eigenvalue weighted by Crippen LogP contribution is 2.26. The molecule has 23 heavy (non-hydrogen) atoms. The lowest BCUT2D eigenvalue weighted by atomic mass is 10.1. The second-order valence-corrected chi connectivity index (χ2v) is 7.29. The Morgan fingerprint density at radius 3 is 2.26 bits per heavy atom. The van der Waals surface area contributed by atoms with E-state index < -0.39 is 21.0 Å². The lowest BCUT2D eigenvalue weighted by Crippen LogP contribution is -2.27. The third-order valence-electron chi connectivity index (χ3n) is 3.12. The van der Waals surface area contributed by atoms with Gasteiger partial charge in [0.25, 0.3) is 5.69 Å². The van der Waals surface area contributed by atoms with Gasteiger partial charge >= 0.3 is 0 Å². The number of sulfonamides is 1. The number of hydrogen-bond acceptors (Lipinski definition) is 4. The van der Waals surface area contributed by atoms with E-state index in [1.54, 1.807) is 6.92 Å². The Kier molecular flexibility index (Phi) is 5.26. The number of nitrogens with one attached hydrogen (secondary N) is 1. The first-order valence-electron chi connectivity index (χ1n) is 6.42. The monoisotopic (exact) mass is 374 g/mol. The van der Waals surface area contributed by atoms with E-state index in [0.29, 0.717) is 10.6 Å². The van der Waals surface area contributed by atoms with Gasteiger partial charge in [-0.1, -0.05) is 35.3 Å². The predicted molar refractivity (Wildman–Crippen MR) is 88.3 cm³/mol. The molecule has 0 bridgehead atoms. The van der Waals surface area contributed by atoms with Gasteiger partial charge in [-0.25, -0.2) is 13.1 Å². The van der Waals surface area contributed by atoms with Crippen molar-refractivity contribution in [3.63, 3.8) is 0 Å². The van der Waals surface area contributed by atoms with Gasteiger partial charge in [0.2, 0.25) is 10.0 Å². The van der Waals surface area contributed by atoms with Crippen molar-refractivity contribution in [1.82, 2.24) is 4.72 Å². The van der Waals surface area contributed by atoms with E-state index >= 15 is 0 Å². The summed E-state index contributed by atoms with van der Waals surface area (Å²) in [5, 5.41) is 11.0. The molecular weight excluding hydrogens is 363 g/mol. The van der Waals surface area contributed by atoms with Crippen molar-refractivity contribution < 1.29 is 13.3 Å². The smallest absolute Gasteiger partial charge is 0.258 e. The van der Waals surface area contributed by atoms with Gasteiger partial charge < -0.3 is 0 Å². The highest BCUT2D eigenvalue weighted by molar-refractivity contribution is 7.89. The fraction of sp³-hybridized carbons (Fsp3) is 0.143. The molecule has 1 atom stereocenters. The molecule has 0 aliphatic heterocycles. The molecule has 0 saturated carbocycles. The topological polar surface area (TPSA) is 89.3 Å². The van der Waals surface area contributed by atoms with Crippen LogP contribution < -0.4 is 4.72 Å². The van der Waals surface area contributed by atoms with Crippen LogP contribution >= 0.6 is 23.2 Å². The zero-order valence-electron chi connectivity index (χ0n) is 11.9. The van der Waals surface area contributed by atoms with Crippen molar-refractivity contribution in [2.75, 3.05) is 0 Å². The molecule has 2 aromatic rings. The van der Waals surface area contributed by atoms with Crippen molar-refractivity contribution in [1.29, 1.82) is 0 Å². The number of nitro benzene ring substituents is 1. The average molecular weight is 375 g/mol. The summed E-state index contributed by atoms with van der Waals surface area (Å²) in [6.45, 7) is 1.63. The van der Waals surface area contributed by atoms with Crippen LogP contribution in [0, 0.1) is 10.1 Å². The van der Waals surface area contributed by atoms with Gasteiger partial charge in [-0.3, -0.25) is 10.1 Å². The van der Waals surface area contributed by atoms with Crippen LogP contribution in [-0.2, 0) is 10.0 Å². The summed E-state index contributed by atoms with van der Waals surface area (Å²) >= 11 is 11.7. The quantitative estimate of drug-likeness (QED) is 0.633. The standard InChI is InChI=1S/C14H12Cl2N2O4S/c1-9(10-2-5-12(6-3-10)18(19)20)17-23(21,22)14-7-4-11(15)8-13(14)16/h2-9,17H,1H3. The Bertz CT molecular complexity index is 838. The fourth-order valence-electron chi connectivity index (χ4n) is 1.94. The molecule has 6 nitrogen and oxygen atoms in total. The third kappa shape index (κ3) is 4.20. The molecule has 2 aromatic carbocycles. The minimum Gasteiger partial charge on any atom is -0.258 e. The van der Waals surface area contributed by atoms with Crippen molar-refractivity contribution in [2.45, 2.75) is 17.9 Å². The van der Waals surface area contributed by atoms with E-state index in [4.69, 9.17) is 23.2 Å². The van der Waals surface area contributed by atoms with Gasteiger partial charge in [0, 0.05) is 23.2 Å².